The van der Waals surface area contributed by atoms with Gasteiger partial charge in [0.05, 0.1) is 6.61 Å². The summed E-state index contributed by atoms with van der Waals surface area (Å²) in [5, 5.41) is 17.6. The number of carbonyl (C=O) groups excluding carboxylic acids is 1. The highest BCUT2D eigenvalue weighted by Gasteiger charge is 2.43. The van der Waals surface area contributed by atoms with Gasteiger partial charge >= 0.3 is 0 Å². The van der Waals surface area contributed by atoms with Crippen molar-refractivity contribution in [2.75, 3.05) is 6.61 Å². The molecule has 4 nitrogen and oxygen atoms in total. The number of ether oxygens (including phenoxy) is 1. The van der Waals surface area contributed by atoms with Crippen LogP contribution in [0.15, 0.2) is 0 Å². The van der Waals surface area contributed by atoms with Gasteiger partial charge in [-0.15, -0.1) is 0 Å². The second kappa shape index (κ2) is 1.76. The summed E-state index contributed by atoms with van der Waals surface area (Å²) in [5.41, 5.74) is 0. The van der Waals surface area contributed by atoms with E-state index < -0.39 is 17.7 Å². The number of hydrogen-bond acceptors (Lipinski definition) is 4. The van der Waals surface area contributed by atoms with Crippen molar-refractivity contribution in [3.8, 4) is 0 Å². The molecule has 0 amide bonds. The predicted molar refractivity (Wildman–Crippen MR) is 27.6 cm³/mol. The Morgan fingerprint density at radius 3 is 2.56 bits per heavy atom. The highest BCUT2D eigenvalue weighted by Crippen LogP contribution is 2.17. The molecule has 9 heavy (non-hydrogen) atoms. The van der Waals surface area contributed by atoms with Crippen molar-refractivity contribution in [3.05, 3.63) is 0 Å². The second-order valence-electron chi connectivity index (χ2n) is 2.17. The van der Waals surface area contributed by atoms with E-state index in [-0.39, 0.29) is 6.61 Å². The molecule has 52 valence electrons. The standard InChI is InChI=1S/C5H8O4/c1-5(8)4(7)3(6)2-9-5/h3,6,8H,2H2,1H3/t3-,5+/m0/s1. The van der Waals surface area contributed by atoms with Crippen LogP contribution in [0.5, 0.6) is 0 Å². The van der Waals surface area contributed by atoms with Crippen molar-refractivity contribution >= 4 is 5.78 Å². The minimum Gasteiger partial charge on any atom is -0.383 e. The molecule has 1 saturated heterocycles. The molecule has 0 aromatic heterocycles. The van der Waals surface area contributed by atoms with Gasteiger partial charge < -0.3 is 14.9 Å². The van der Waals surface area contributed by atoms with Gasteiger partial charge in [-0.2, -0.15) is 0 Å². The summed E-state index contributed by atoms with van der Waals surface area (Å²) in [7, 11) is 0. The molecule has 1 aliphatic rings. The average Bonchev–Trinajstić information content (AvgIpc) is 1.97. The molecule has 1 rings (SSSR count). The number of Topliss-reactive ketones (excluding diaryl/α,β-unsaturated/α-hetero) is 1. The average molecular weight is 132 g/mol. The van der Waals surface area contributed by atoms with Gasteiger partial charge in [-0.25, -0.2) is 0 Å². The van der Waals surface area contributed by atoms with Gasteiger partial charge in [0.15, 0.2) is 0 Å². The van der Waals surface area contributed by atoms with Crippen LogP contribution in [0, 0.1) is 0 Å². The first-order valence-electron chi connectivity index (χ1n) is 2.63. The molecule has 1 fully saturated rings. The van der Waals surface area contributed by atoms with E-state index >= 15 is 0 Å². The van der Waals surface area contributed by atoms with Crippen LogP contribution >= 0.6 is 0 Å². The number of hydrogen-bond donors (Lipinski definition) is 2. The fourth-order valence-corrected chi connectivity index (χ4v) is 0.697. The number of aliphatic hydroxyl groups is 2. The molecule has 0 spiro atoms. The molecular formula is C5H8O4. The first-order chi connectivity index (χ1) is 4.04. The maximum absolute atomic E-state index is 10.6. The van der Waals surface area contributed by atoms with Gasteiger partial charge in [0.2, 0.25) is 11.6 Å². The molecule has 0 radical (unpaired) electrons. The van der Waals surface area contributed by atoms with Crippen LogP contribution < -0.4 is 0 Å². The van der Waals surface area contributed by atoms with Crippen molar-refractivity contribution in [1.82, 2.24) is 0 Å². The van der Waals surface area contributed by atoms with Gasteiger partial charge in [-0.3, -0.25) is 4.79 Å². The normalized spacial score (nSPS) is 43.9. The quantitative estimate of drug-likeness (QED) is 0.428. The zero-order chi connectivity index (χ0) is 7.07. The largest absolute Gasteiger partial charge is 0.383 e. The third-order valence-electron chi connectivity index (χ3n) is 1.28. The van der Waals surface area contributed by atoms with Crippen LogP contribution in [0.3, 0.4) is 0 Å². The lowest BCUT2D eigenvalue weighted by atomic mass is 10.2. The molecule has 0 saturated carbocycles. The van der Waals surface area contributed by atoms with Crippen LogP contribution in [0.2, 0.25) is 0 Å². The van der Waals surface area contributed by atoms with Crippen LogP contribution in [0.4, 0.5) is 0 Å². The van der Waals surface area contributed by atoms with Crippen molar-refractivity contribution in [2.24, 2.45) is 0 Å². The maximum Gasteiger partial charge on any atom is 0.226 e. The highest BCUT2D eigenvalue weighted by molar-refractivity contribution is 5.90. The Bertz CT molecular complexity index is 140. The topological polar surface area (TPSA) is 66.8 Å². The van der Waals surface area contributed by atoms with E-state index in [1.54, 1.807) is 0 Å². The van der Waals surface area contributed by atoms with Crippen LogP contribution in [0.1, 0.15) is 6.92 Å². The third-order valence-corrected chi connectivity index (χ3v) is 1.28. The molecule has 1 heterocycles. The monoisotopic (exact) mass is 132 g/mol. The number of aliphatic hydroxyl groups excluding tert-OH is 1. The van der Waals surface area contributed by atoms with Gasteiger partial charge in [0.1, 0.15) is 6.10 Å². The molecule has 1 aliphatic heterocycles. The molecule has 0 aromatic carbocycles. The lowest BCUT2D eigenvalue weighted by molar-refractivity contribution is -0.174. The van der Waals surface area contributed by atoms with E-state index in [2.05, 4.69) is 4.74 Å². The van der Waals surface area contributed by atoms with E-state index in [1.807, 2.05) is 0 Å². The Morgan fingerprint density at radius 2 is 2.44 bits per heavy atom. The van der Waals surface area contributed by atoms with Gasteiger partial charge in [-0.1, -0.05) is 0 Å². The lowest BCUT2D eigenvalue weighted by Crippen LogP contribution is -2.34. The van der Waals surface area contributed by atoms with E-state index in [4.69, 9.17) is 10.2 Å². The maximum atomic E-state index is 10.6. The first-order valence-corrected chi connectivity index (χ1v) is 2.63. The molecule has 0 aliphatic carbocycles. The smallest absolute Gasteiger partial charge is 0.226 e. The van der Waals surface area contributed by atoms with Crippen LogP contribution in [-0.4, -0.2) is 34.5 Å². The summed E-state index contributed by atoms with van der Waals surface area (Å²) in [6.45, 7) is 1.11. The lowest BCUT2D eigenvalue weighted by Gasteiger charge is -2.11. The van der Waals surface area contributed by atoms with Crippen molar-refractivity contribution in [3.63, 3.8) is 0 Å². The SMILES string of the molecule is C[C@@]1(O)OC[C@H](O)C1=O. The molecule has 0 bridgehead atoms. The van der Waals surface area contributed by atoms with Crippen LogP contribution in [0.25, 0.3) is 0 Å². The molecule has 0 unspecified atom stereocenters. The summed E-state index contributed by atoms with van der Waals surface area (Å²) in [5.74, 6) is -2.43. The number of rotatable bonds is 0. The Morgan fingerprint density at radius 1 is 1.89 bits per heavy atom. The molecule has 2 N–H and O–H groups in total. The number of carbonyl (C=O) groups is 1. The van der Waals surface area contributed by atoms with E-state index in [0.717, 1.165) is 0 Å². The van der Waals surface area contributed by atoms with E-state index in [0.29, 0.717) is 0 Å². The molecular weight excluding hydrogens is 124 g/mol. The van der Waals surface area contributed by atoms with Gasteiger partial charge in [-0.05, 0) is 6.92 Å². The molecule has 4 heteroatoms. The third kappa shape index (κ3) is 0.962. The predicted octanol–water partition coefficient (Wildman–Crippen LogP) is -1.34. The minimum absolute atomic E-state index is 0.105. The second-order valence-corrected chi connectivity index (χ2v) is 2.17. The number of ketones is 1. The fourth-order valence-electron chi connectivity index (χ4n) is 0.697. The molecule has 0 aromatic rings. The summed E-state index contributed by atoms with van der Waals surface area (Å²) in [4.78, 5) is 10.6. The Labute approximate surface area is 52.1 Å². The first kappa shape index (κ1) is 6.67. The van der Waals surface area contributed by atoms with Crippen molar-refractivity contribution in [1.29, 1.82) is 0 Å². The summed E-state index contributed by atoms with van der Waals surface area (Å²) >= 11 is 0. The Kier molecular flexibility index (Phi) is 1.31. The van der Waals surface area contributed by atoms with E-state index in [9.17, 15) is 4.79 Å². The summed E-state index contributed by atoms with van der Waals surface area (Å²) < 4.78 is 4.52. The Hall–Kier alpha value is -0.450. The highest BCUT2D eigenvalue weighted by atomic mass is 16.6. The summed E-state index contributed by atoms with van der Waals surface area (Å²) in [6, 6.07) is 0. The van der Waals surface area contributed by atoms with Gasteiger partial charge in [0, 0.05) is 0 Å². The Balaban J connectivity index is 2.74. The zero-order valence-electron chi connectivity index (χ0n) is 5.00. The fraction of sp³-hybridized carbons (Fsp3) is 0.800. The van der Waals surface area contributed by atoms with Crippen molar-refractivity contribution in [2.45, 2.75) is 18.8 Å². The molecule has 2 atom stereocenters. The van der Waals surface area contributed by atoms with Crippen molar-refractivity contribution < 1.29 is 19.7 Å². The summed E-state index contributed by atoms with van der Waals surface area (Å²) in [6.07, 6.45) is -1.15. The zero-order valence-corrected chi connectivity index (χ0v) is 5.00. The van der Waals surface area contributed by atoms with E-state index in [1.165, 1.54) is 6.92 Å². The van der Waals surface area contributed by atoms with Crippen LogP contribution in [-0.2, 0) is 9.53 Å². The minimum atomic E-state index is -1.76. The van der Waals surface area contributed by atoms with Gasteiger partial charge in [0.25, 0.3) is 0 Å².